The Morgan fingerprint density at radius 2 is 2.27 bits per heavy atom. The largest absolute Gasteiger partial charge is 0.0843 e. The molecule has 0 aromatic heterocycles. The highest BCUT2D eigenvalue weighted by Gasteiger charge is 1.96. The van der Waals surface area contributed by atoms with Crippen LogP contribution < -0.4 is 0 Å². The molecule has 0 saturated carbocycles. The van der Waals surface area contributed by atoms with E-state index in [0.717, 1.165) is 3.57 Å². The van der Waals surface area contributed by atoms with Gasteiger partial charge in [-0.1, -0.05) is 16.7 Å². The van der Waals surface area contributed by atoms with Gasteiger partial charge in [0.25, 0.3) is 0 Å². The fourth-order valence-corrected chi connectivity index (χ4v) is 1.22. The highest BCUT2D eigenvalue weighted by molar-refractivity contribution is 14.1. The molecule has 0 atom stereocenters. The first-order chi connectivity index (χ1) is 5.24. The van der Waals surface area contributed by atoms with Crippen LogP contribution in [0.1, 0.15) is 0 Å². The van der Waals surface area contributed by atoms with Crippen molar-refractivity contribution >= 4 is 39.9 Å². The standard InChI is InChI=1S/C6H3ClIN3/c7-4-1-2-5(8)6(3-4)10-11-9/h1-3H. The number of benzene rings is 1. The van der Waals surface area contributed by atoms with E-state index in [1.165, 1.54) is 0 Å². The van der Waals surface area contributed by atoms with Crippen molar-refractivity contribution in [3.8, 4) is 0 Å². The highest BCUT2D eigenvalue weighted by Crippen LogP contribution is 2.24. The second-order valence-corrected chi connectivity index (χ2v) is 3.38. The minimum absolute atomic E-state index is 0.570. The van der Waals surface area contributed by atoms with Gasteiger partial charge in [0.05, 0.1) is 5.69 Å². The van der Waals surface area contributed by atoms with Gasteiger partial charge in [-0.15, -0.1) is 0 Å². The summed E-state index contributed by atoms with van der Waals surface area (Å²) in [6, 6.07) is 5.18. The third-order valence-electron chi connectivity index (χ3n) is 1.06. The van der Waals surface area contributed by atoms with E-state index < -0.39 is 0 Å². The lowest BCUT2D eigenvalue weighted by molar-refractivity contribution is 1.45. The first-order valence-electron chi connectivity index (χ1n) is 2.74. The van der Waals surface area contributed by atoms with E-state index in [-0.39, 0.29) is 0 Å². The van der Waals surface area contributed by atoms with Crippen LogP contribution in [0.3, 0.4) is 0 Å². The molecule has 1 rings (SSSR count). The zero-order chi connectivity index (χ0) is 8.27. The van der Waals surface area contributed by atoms with Crippen LogP contribution >= 0.6 is 34.2 Å². The van der Waals surface area contributed by atoms with E-state index in [0.29, 0.717) is 10.7 Å². The van der Waals surface area contributed by atoms with E-state index in [1.807, 2.05) is 0 Å². The van der Waals surface area contributed by atoms with Crippen molar-refractivity contribution in [3.63, 3.8) is 0 Å². The Balaban J connectivity index is 3.22. The van der Waals surface area contributed by atoms with Crippen LogP contribution in [0.5, 0.6) is 0 Å². The van der Waals surface area contributed by atoms with Crippen LogP contribution in [0.2, 0.25) is 5.02 Å². The van der Waals surface area contributed by atoms with Crippen molar-refractivity contribution in [1.29, 1.82) is 0 Å². The molecule has 0 aliphatic carbocycles. The molecule has 0 heterocycles. The Hall–Kier alpha value is -0.450. The van der Waals surface area contributed by atoms with Gasteiger partial charge >= 0.3 is 0 Å². The molecular formula is C6H3ClIN3. The summed E-state index contributed by atoms with van der Waals surface area (Å²) in [4.78, 5) is 2.67. The van der Waals surface area contributed by atoms with Crippen LogP contribution in [0.25, 0.3) is 10.4 Å². The van der Waals surface area contributed by atoms with E-state index in [2.05, 4.69) is 32.6 Å². The van der Waals surface area contributed by atoms with Crippen molar-refractivity contribution in [2.24, 2.45) is 5.11 Å². The quantitative estimate of drug-likeness (QED) is 0.324. The molecule has 0 fully saturated rings. The zero-order valence-corrected chi connectivity index (χ0v) is 8.24. The number of hydrogen-bond acceptors (Lipinski definition) is 1. The molecule has 0 aliphatic rings. The number of hydrogen-bond donors (Lipinski definition) is 0. The Bertz CT molecular complexity index is 320. The van der Waals surface area contributed by atoms with Gasteiger partial charge in [-0.05, 0) is 46.3 Å². The molecule has 3 nitrogen and oxygen atoms in total. The molecule has 5 heteroatoms. The van der Waals surface area contributed by atoms with Gasteiger partial charge in [0.1, 0.15) is 0 Å². The number of nitrogens with zero attached hydrogens (tertiary/aromatic N) is 3. The average molecular weight is 279 g/mol. The number of rotatable bonds is 1. The molecule has 0 saturated heterocycles. The molecule has 0 amide bonds. The summed E-state index contributed by atoms with van der Waals surface area (Å²) in [7, 11) is 0. The Morgan fingerprint density at radius 3 is 2.91 bits per heavy atom. The second kappa shape index (κ2) is 3.80. The summed E-state index contributed by atoms with van der Waals surface area (Å²) in [6.07, 6.45) is 0. The minimum Gasteiger partial charge on any atom is -0.0843 e. The van der Waals surface area contributed by atoms with E-state index >= 15 is 0 Å². The maximum absolute atomic E-state index is 8.15. The van der Waals surface area contributed by atoms with Crippen molar-refractivity contribution in [1.82, 2.24) is 0 Å². The summed E-state index contributed by atoms with van der Waals surface area (Å²) in [6.45, 7) is 0. The van der Waals surface area contributed by atoms with Gasteiger partial charge in [0.15, 0.2) is 0 Å². The lowest BCUT2D eigenvalue weighted by Gasteiger charge is -1.95. The molecule has 0 spiro atoms. The summed E-state index contributed by atoms with van der Waals surface area (Å²) in [5.41, 5.74) is 8.72. The molecule has 0 aliphatic heterocycles. The van der Waals surface area contributed by atoms with Gasteiger partial charge < -0.3 is 0 Å². The minimum atomic E-state index is 0.570. The van der Waals surface area contributed by atoms with Crippen LogP contribution in [0, 0.1) is 3.57 Å². The fourth-order valence-electron chi connectivity index (χ4n) is 0.611. The predicted molar refractivity (Wildman–Crippen MR) is 53.0 cm³/mol. The summed E-state index contributed by atoms with van der Waals surface area (Å²) in [5, 5.41) is 4.03. The van der Waals surface area contributed by atoms with Gasteiger partial charge in [-0.3, -0.25) is 0 Å². The highest BCUT2D eigenvalue weighted by atomic mass is 127. The van der Waals surface area contributed by atoms with Gasteiger partial charge in [0.2, 0.25) is 0 Å². The Labute approximate surface area is 82.1 Å². The molecule has 1 aromatic rings. The van der Waals surface area contributed by atoms with Crippen LogP contribution in [0.4, 0.5) is 5.69 Å². The van der Waals surface area contributed by atoms with E-state index in [1.54, 1.807) is 18.2 Å². The molecule has 0 radical (unpaired) electrons. The van der Waals surface area contributed by atoms with Gasteiger partial charge in [0, 0.05) is 13.5 Å². The van der Waals surface area contributed by atoms with Crippen molar-refractivity contribution in [2.45, 2.75) is 0 Å². The smallest absolute Gasteiger partial charge is 0.0523 e. The van der Waals surface area contributed by atoms with E-state index in [4.69, 9.17) is 17.1 Å². The second-order valence-electron chi connectivity index (χ2n) is 1.79. The normalized spacial score (nSPS) is 8.91. The molecule has 56 valence electrons. The third-order valence-corrected chi connectivity index (χ3v) is 2.21. The molecule has 0 N–H and O–H groups in total. The van der Waals surface area contributed by atoms with Crippen molar-refractivity contribution < 1.29 is 0 Å². The maximum atomic E-state index is 8.15. The summed E-state index contributed by atoms with van der Waals surface area (Å²) in [5.74, 6) is 0. The first kappa shape index (κ1) is 8.64. The lowest BCUT2D eigenvalue weighted by atomic mass is 10.3. The molecule has 0 unspecified atom stereocenters. The monoisotopic (exact) mass is 279 g/mol. The van der Waals surface area contributed by atoms with Crippen LogP contribution in [-0.4, -0.2) is 0 Å². The van der Waals surface area contributed by atoms with Gasteiger partial charge in [-0.2, -0.15) is 0 Å². The predicted octanol–water partition coefficient (Wildman–Crippen LogP) is 3.89. The topological polar surface area (TPSA) is 48.8 Å². The summed E-state index contributed by atoms with van der Waals surface area (Å²) < 4.78 is 0.893. The maximum Gasteiger partial charge on any atom is 0.0523 e. The zero-order valence-electron chi connectivity index (χ0n) is 5.33. The third kappa shape index (κ3) is 2.25. The van der Waals surface area contributed by atoms with Crippen LogP contribution in [-0.2, 0) is 0 Å². The van der Waals surface area contributed by atoms with E-state index in [9.17, 15) is 0 Å². The van der Waals surface area contributed by atoms with Gasteiger partial charge in [-0.25, -0.2) is 0 Å². The van der Waals surface area contributed by atoms with Crippen molar-refractivity contribution in [3.05, 3.63) is 37.2 Å². The molecular weight excluding hydrogens is 276 g/mol. The number of halogens is 2. The SMILES string of the molecule is [N-]=[N+]=Nc1cc(Cl)ccc1I. The number of azide groups is 1. The van der Waals surface area contributed by atoms with Crippen molar-refractivity contribution in [2.75, 3.05) is 0 Å². The Morgan fingerprint density at radius 1 is 1.55 bits per heavy atom. The average Bonchev–Trinajstić information content (AvgIpc) is 1.98. The molecule has 0 bridgehead atoms. The first-order valence-corrected chi connectivity index (χ1v) is 4.20. The lowest BCUT2D eigenvalue weighted by Crippen LogP contribution is -1.70. The van der Waals surface area contributed by atoms with Crippen LogP contribution in [0.15, 0.2) is 23.3 Å². The Kier molecular flexibility index (Phi) is 2.99. The fraction of sp³-hybridized carbons (Fsp3) is 0. The molecule has 1 aromatic carbocycles. The molecule has 11 heavy (non-hydrogen) atoms. The summed E-state index contributed by atoms with van der Waals surface area (Å²) >= 11 is 7.74.